The zero-order valence-corrected chi connectivity index (χ0v) is 20.1. The summed E-state index contributed by atoms with van der Waals surface area (Å²) in [4.78, 5) is 28.8. The Morgan fingerprint density at radius 2 is 1.56 bits per heavy atom. The SMILES string of the molecule is CC[C@H](C)NC(=O)[C@@H](Cc1ccccc1)N(Cc1ccc(F)cc1)C(=O)Cc1ccccc1C. The third-order valence-corrected chi connectivity index (χ3v) is 6.14. The monoisotopic (exact) mass is 460 g/mol. The van der Waals surface area contributed by atoms with Crippen molar-refractivity contribution in [1.29, 1.82) is 0 Å². The average molecular weight is 461 g/mol. The molecule has 0 aromatic heterocycles. The van der Waals surface area contributed by atoms with Gasteiger partial charge in [-0.25, -0.2) is 4.39 Å². The highest BCUT2D eigenvalue weighted by molar-refractivity contribution is 5.89. The average Bonchev–Trinajstić information content (AvgIpc) is 2.84. The molecule has 34 heavy (non-hydrogen) atoms. The van der Waals surface area contributed by atoms with Crippen LogP contribution >= 0.6 is 0 Å². The summed E-state index contributed by atoms with van der Waals surface area (Å²) in [6.45, 7) is 6.16. The second-order valence-electron chi connectivity index (χ2n) is 8.77. The minimum absolute atomic E-state index is 0.00934. The van der Waals surface area contributed by atoms with Gasteiger partial charge in [0.15, 0.2) is 0 Å². The summed E-state index contributed by atoms with van der Waals surface area (Å²) in [6.07, 6.45) is 1.37. The molecule has 3 aromatic carbocycles. The first-order valence-corrected chi connectivity index (χ1v) is 11.8. The first-order valence-electron chi connectivity index (χ1n) is 11.8. The molecule has 3 rings (SSSR count). The lowest BCUT2D eigenvalue weighted by molar-refractivity contribution is -0.141. The van der Waals surface area contributed by atoms with Crippen LogP contribution in [0.4, 0.5) is 4.39 Å². The Morgan fingerprint density at radius 1 is 0.912 bits per heavy atom. The fourth-order valence-corrected chi connectivity index (χ4v) is 3.85. The van der Waals surface area contributed by atoms with Crippen LogP contribution in [-0.2, 0) is 29.0 Å². The number of nitrogens with one attached hydrogen (secondary N) is 1. The second kappa shape index (κ2) is 12.1. The van der Waals surface area contributed by atoms with Crippen molar-refractivity contribution in [3.8, 4) is 0 Å². The Labute approximate surface area is 201 Å². The van der Waals surface area contributed by atoms with Crippen LogP contribution in [-0.4, -0.2) is 28.8 Å². The van der Waals surface area contributed by atoms with E-state index >= 15 is 0 Å². The Balaban J connectivity index is 1.97. The highest BCUT2D eigenvalue weighted by Gasteiger charge is 2.31. The van der Waals surface area contributed by atoms with Gasteiger partial charge in [0.2, 0.25) is 11.8 Å². The van der Waals surface area contributed by atoms with Gasteiger partial charge in [-0.2, -0.15) is 0 Å². The Bertz CT molecular complexity index is 1080. The summed E-state index contributed by atoms with van der Waals surface area (Å²) >= 11 is 0. The Hall–Kier alpha value is -3.47. The first-order chi connectivity index (χ1) is 16.4. The number of aryl methyl sites for hydroxylation is 1. The van der Waals surface area contributed by atoms with Crippen molar-refractivity contribution < 1.29 is 14.0 Å². The van der Waals surface area contributed by atoms with E-state index in [0.29, 0.717) is 6.42 Å². The smallest absolute Gasteiger partial charge is 0.243 e. The Kier molecular flexibility index (Phi) is 8.97. The molecule has 2 atom stereocenters. The molecule has 0 aliphatic carbocycles. The minimum Gasteiger partial charge on any atom is -0.352 e. The molecule has 2 amide bonds. The summed E-state index contributed by atoms with van der Waals surface area (Å²) in [7, 11) is 0. The molecule has 0 saturated carbocycles. The number of nitrogens with zero attached hydrogens (tertiary/aromatic N) is 1. The lowest BCUT2D eigenvalue weighted by Crippen LogP contribution is -2.52. The van der Waals surface area contributed by atoms with Gasteiger partial charge in [0.25, 0.3) is 0 Å². The summed E-state index contributed by atoms with van der Waals surface area (Å²) in [5.74, 6) is -0.658. The highest BCUT2D eigenvalue weighted by Crippen LogP contribution is 2.18. The van der Waals surface area contributed by atoms with E-state index in [-0.39, 0.29) is 36.6 Å². The van der Waals surface area contributed by atoms with E-state index in [2.05, 4.69) is 5.32 Å². The van der Waals surface area contributed by atoms with Crippen LogP contribution in [0, 0.1) is 12.7 Å². The van der Waals surface area contributed by atoms with E-state index in [0.717, 1.165) is 28.7 Å². The lowest BCUT2D eigenvalue weighted by atomic mass is 10.00. The maximum atomic E-state index is 13.7. The number of rotatable bonds is 10. The van der Waals surface area contributed by atoms with E-state index in [1.807, 2.05) is 75.4 Å². The molecule has 0 aliphatic rings. The van der Waals surface area contributed by atoms with Crippen LogP contribution in [0.5, 0.6) is 0 Å². The van der Waals surface area contributed by atoms with Gasteiger partial charge in [-0.1, -0.05) is 73.7 Å². The van der Waals surface area contributed by atoms with Crippen molar-refractivity contribution in [2.24, 2.45) is 0 Å². The van der Waals surface area contributed by atoms with Crippen molar-refractivity contribution in [3.05, 3.63) is 107 Å². The normalized spacial score (nSPS) is 12.6. The molecule has 0 bridgehead atoms. The molecule has 1 N–H and O–H groups in total. The molecule has 3 aromatic rings. The number of halogens is 1. The maximum Gasteiger partial charge on any atom is 0.243 e. The summed E-state index contributed by atoms with van der Waals surface area (Å²) in [5.41, 5.74) is 3.70. The van der Waals surface area contributed by atoms with E-state index < -0.39 is 6.04 Å². The van der Waals surface area contributed by atoms with Gasteiger partial charge in [0, 0.05) is 19.0 Å². The molecule has 0 radical (unpaired) electrons. The van der Waals surface area contributed by atoms with E-state index in [1.54, 1.807) is 17.0 Å². The minimum atomic E-state index is -0.696. The van der Waals surface area contributed by atoms with Gasteiger partial charge in [0.1, 0.15) is 11.9 Å². The van der Waals surface area contributed by atoms with Crippen LogP contribution in [0.2, 0.25) is 0 Å². The quantitative estimate of drug-likeness (QED) is 0.450. The maximum absolute atomic E-state index is 13.7. The zero-order chi connectivity index (χ0) is 24.5. The molecule has 5 heteroatoms. The third-order valence-electron chi connectivity index (χ3n) is 6.14. The van der Waals surface area contributed by atoms with Gasteiger partial charge in [0.05, 0.1) is 6.42 Å². The van der Waals surface area contributed by atoms with Crippen molar-refractivity contribution in [2.75, 3.05) is 0 Å². The molecular formula is C29H33FN2O2. The third kappa shape index (κ3) is 7.01. The van der Waals surface area contributed by atoms with Crippen LogP contribution in [0.15, 0.2) is 78.9 Å². The van der Waals surface area contributed by atoms with Crippen LogP contribution in [0.25, 0.3) is 0 Å². The predicted octanol–water partition coefficient (Wildman–Crippen LogP) is 5.23. The molecule has 0 fully saturated rings. The number of hydrogen-bond acceptors (Lipinski definition) is 2. The number of benzene rings is 3. The van der Waals surface area contributed by atoms with Crippen LogP contribution < -0.4 is 5.32 Å². The van der Waals surface area contributed by atoms with E-state index in [9.17, 15) is 14.0 Å². The molecule has 0 saturated heterocycles. The number of carbonyl (C=O) groups is 2. The van der Waals surface area contributed by atoms with Gasteiger partial charge in [-0.3, -0.25) is 9.59 Å². The molecule has 0 aliphatic heterocycles. The summed E-state index contributed by atoms with van der Waals surface area (Å²) in [6, 6.07) is 22.9. The second-order valence-corrected chi connectivity index (χ2v) is 8.77. The van der Waals surface area contributed by atoms with E-state index in [1.165, 1.54) is 12.1 Å². The van der Waals surface area contributed by atoms with Gasteiger partial charge >= 0.3 is 0 Å². The predicted molar refractivity (Wildman–Crippen MR) is 134 cm³/mol. The van der Waals surface area contributed by atoms with Gasteiger partial charge in [-0.05, 0) is 54.7 Å². The van der Waals surface area contributed by atoms with Crippen molar-refractivity contribution >= 4 is 11.8 Å². The van der Waals surface area contributed by atoms with Gasteiger partial charge in [-0.15, -0.1) is 0 Å². The fraction of sp³-hybridized carbons (Fsp3) is 0.310. The lowest BCUT2D eigenvalue weighted by Gasteiger charge is -2.32. The largest absolute Gasteiger partial charge is 0.352 e. The first kappa shape index (κ1) is 25.2. The van der Waals surface area contributed by atoms with Crippen molar-refractivity contribution in [1.82, 2.24) is 10.2 Å². The topological polar surface area (TPSA) is 49.4 Å². The zero-order valence-electron chi connectivity index (χ0n) is 20.1. The molecular weight excluding hydrogens is 427 g/mol. The van der Waals surface area contributed by atoms with E-state index in [4.69, 9.17) is 0 Å². The summed E-state index contributed by atoms with van der Waals surface area (Å²) < 4.78 is 13.5. The van der Waals surface area contributed by atoms with Crippen LogP contribution in [0.3, 0.4) is 0 Å². The van der Waals surface area contributed by atoms with Crippen LogP contribution in [0.1, 0.15) is 42.5 Å². The molecule has 178 valence electrons. The number of hydrogen-bond donors (Lipinski definition) is 1. The molecule has 4 nitrogen and oxygen atoms in total. The number of carbonyl (C=O) groups excluding carboxylic acids is 2. The molecule has 0 heterocycles. The van der Waals surface area contributed by atoms with Crippen molar-refractivity contribution in [2.45, 2.75) is 58.7 Å². The van der Waals surface area contributed by atoms with Crippen molar-refractivity contribution in [3.63, 3.8) is 0 Å². The molecule has 0 unspecified atom stereocenters. The molecule has 0 spiro atoms. The van der Waals surface area contributed by atoms with Gasteiger partial charge < -0.3 is 10.2 Å². The summed E-state index contributed by atoms with van der Waals surface area (Å²) in [5, 5.41) is 3.06. The number of amides is 2. The Morgan fingerprint density at radius 3 is 2.21 bits per heavy atom. The highest BCUT2D eigenvalue weighted by atomic mass is 19.1. The fourth-order valence-electron chi connectivity index (χ4n) is 3.85. The standard InChI is InChI=1S/C29H33FN2O2/c1-4-22(3)31-29(34)27(18-23-11-6-5-7-12-23)32(20-24-14-16-26(30)17-15-24)28(33)19-25-13-9-8-10-21(25)2/h5-17,22,27H,4,18-20H2,1-3H3,(H,31,34)/t22-,27+/m0/s1.